The first-order valence-electron chi connectivity index (χ1n) is 5.54. The van der Waals surface area contributed by atoms with Crippen LogP contribution in [-0.4, -0.2) is 6.61 Å². The first-order valence-corrected chi connectivity index (χ1v) is 5.54. The van der Waals surface area contributed by atoms with Gasteiger partial charge in [0.1, 0.15) is 11.8 Å². The average Bonchev–Trinajstić information content (AvgIpc) is 2.36. The number of unbranched alkanes of at least 4 members (excludes halogenated alkanes) is 2. The fourth-order valence-electron chi connectivity index (χ4n) is 1.38. The van der Waals surface area contributed by atoms with Crippen molar-refractivity contribution in [2.45, 2.75) is 26.2 Å². The van der Waals surface area contributed by atoms with Crippen LogP contribution < -0.4 is 4.74 Å². The maximum Gasteiger partial charge on any atom is 0.137 e. The Labute approximate surface area is 100 Å². The normalized spacial score (nSPS) is 9.18. The van der Waals surface area contributed by atoms with Crippen molar-refractivity contribution in [2.24, 2.45) is 5.11 Å². The van der Waals surface area contributed by atoms with Gasteiger partial charge in [0.2, 0.25) is 0 Å². The standard InChI is InChI=1S/C12H14N4O/c1-2-3-4-7-17-12-6-5-11(15-16-14)8-10(12)9-13/h5-6,8H,2-4,7H2,1H3. The van der Waals surface area contributed by atoms with Crippen LogP contribution in [0.4, 0.5) is 5.69 Å². The smallest absolute Gasteiger partial charge is 0.137 e. The Hall–Kier alpha value is -2.18. The molecule has 0 aliphatic rings. The second-order valence-corrected chi connectivity index (χ2v) is 3.54. The van der Waals surface area contributed by atoms with Gasteiger partial charge in [-0.3, -0.25) is 0 Å². The van der Waals surface area contributed by atoms with Gasteiger partial charge in [-0.15, -0.1) is 0 Å². The highest BCUT2D eigenvalue weighted by atomic mass is 16.5. The van der Waals surface area contributed by atoms with Crippen LogP contribution in [0.2, 0.25) is 0 Å². The van der Waals surface area contributed by atoms with Crippen molar-refractivity contribution in [1.82, 2.24) is 0 Å². The molecule has 5 heteroatoms. The first-order chi connectivity index (χ1) is 8.31. The van der Waals surface area contributed by atoms with E-state index in [4.69, 9.17) is 15.5 Å². The molecule has 0 aromatic heterocycles. The third kappa shape index (κ3) is 4.06. The molecule has 0 fully saturated rings. The molecule has 1 aromatic rings. The Balaban J connectivity index is 2.72. The van der Waals surface area contributed by atoms with Crippen molar-refractivity contribution in [3.63, 3.8) is 0 Å². The lowest BCUT2D eigenvalue weighted by Crippen LogP contribution is -1.98. The first kappa shape index (κ1) is 12.9. The maximum absolute atomic E-state index is 8.95. The molecule has 0 saturated heterocycles. The molecule has 5 nitrogen and oxygen atoms in total. The number of azide groups is 1. The molecule has 0 saturated carbocycles. The maximum atomic E-state index is 8.95. The molecule has 0 bridgehead atoms. The Kier molecular flexibility index (Phi) is 5.42. The van der Waals surface area contributed by atoms with E-state index in [0.717, 1.165) is 19.3 Å². The summed E-state index contributed by atoms with van der Waals surface area (Å²) in [6.45, 7) is 2.72. The van der Waals surface area contributed by atoms with Gasteiger partial charge in [-0.1, -0.05) is 24.9 Å². The van der Waals surface area contributed by atoms with Gasteiger partial charge < -0.3 is 4.74 Å². The van der Waals surface area contributed by atoms with Gasteiger partial charge in [0.25, 0.3) is 0 Å². The van der Waals surface area contributed by atoms with Gasteiger partial charge in [0.15, 0.2) is 0 Å². The zero-order chi connectivity index (χ0) is 12.5. The molecule has 0 spiro atoms. The SMILES string of the molecule is CCCCCOc1ccc(N=[N+]=[N-])cc1C#N. The molecule has 1 aromatic carbocycles. The molecular formula is C12H14N4O. The average molecular weight is 230 g/mol. The van der Waals surface area contributed by atoms with Crippen LogP contribution >= 0.6 is 0 Å². The van der Waals surface area contributed by atoms with E-state index in [2.05, 4.69) is 16.9 Å². The molecule has 1 rings (SSSR count). The molecule has 0 N–H and O–H groups in total. The summed E-state index contributed by atoms with van der Waals surface area (Å²) in [4.78, 5) is 2.67. The Morgan fingerprint density at radius 2 is 2.29 bits per heavy atom. The van der Waals surface area contributed by atoms with Gasteiger partial charge in [0, 0.05) is 10.6 Å². The minimum atomic E-state index is 0.395. The zero-order valence-electron chi connectivity index (χ0n) is 9.76. The zero-order valence-corrected chi connectivity index (χ0v) is 9.76. The molecular weight excluding hydrogens is 216 g/mol. The van der Waals surface area contributed by atoms with E-state index in [1.165, 1.54) is 6.07 Å². The van der Waals surface area contributed by atoms with Crippen molar-refractivity contribution in [3.05, 3.63) is 34.2 Å². The van der Waals surface area contributed by atoms with Crippen molar-refractivity contribution in [1.29, 1.82) is 5.26 Å². The predicted octanol–water partition coefficient (Wildman–Crippen LogP) is 4.07. The fourth-order valence-corrected chi connectivity index (χ4v) is 1.38. The van der Waals surface area contributed by atoms with Crippen molar-refractivity contribution >= 4 is 5.69 Å². The number of nitrogens with zero attached hydrogens (tertiary/aromatic N) is 4. The van der Waals surface area contributed by atoms with Gasteiger partial charge in [-0.05, 0) is 30.2 Å². The summed E-state index contributed by atoms with van der Waals surface area (Å²) in [7, 11) is 0. The van der Waals surface area contributed by atoms with E-state index in [1.54, 1.807) is 12.1 Å². The largest absolute Gasteiger partial charge is 0.492 e. The molecule has 0 aliphatic heterocycles. The summed E-state index contributed by atoms with van der Waals surface area (Å²) >= 11 is 0. The molecule has 0 unspecified atom stereocenters. The van der Waals surface area contributed by atoms with Gasteiger partial charge >= 0.3 is 0 Å². The summed E-state index contributed by atoms with van der Waals surface area (Å²) < 4.78 is 5.51. The van der Waals surface area contributed by atoms with Crippen molar-refractivity contribution < 1.29 is 4.74 Å². The molecule has 88 valence electrons. The van der Waals surface area contributed by atoms with E-state index in [-0.39, 0.29) is 0 Å². The number of benzene rings is 1. The molecule has 0 heterocycles. The summed E-state index contributed by atoms with van der Waals surface area (Å²) in [5, 5.41) is 12.4. The van der Waals surface area contributed by atoms with Crippen LogP contribution in [-0.2, 0) is 0 Å². The van der Waals surface area contributed by atoms with Gasteiger partial charge in [0.05, 0.1) is 12.2 Å². The summed E-state index contributed by atoms with van der Waals surface area (Å²) in [5.74, 6) is 0.542. The van der Waals surface area contributed by atoms with Gasteiger partial charge in [-0.25, -0.2) is 0 Å². The van der Waals surface area contributed by atoms with Crippen LogP contribution in [0.3, 0.4) is 0 Å². The minimum Gasteiger partial charge on any atom is -0.492 e. The number of rotatable bonds is 6. The van der Waals surface area contributed by atoms with E-state index in [0.29, 0.717) is 23.6 Å². The van der Waals surface area contributed by atoms with Crippen LogP contribution in [0.25, 0.3) is 10.4 Å². The summed E-state index contributed by atoms with van der Waals surface area (Å²) in [6.07, 6.45) is 3.21. The van der Waals surface area contributed by atoms with E-state index < -0.39 is 0 Å². The predicted molar refractivity (Wildman–Crippen MR) is 65.0 cm³/mol. The molecule has 0 atom stereocenters. The number of nitriles is 1. The Morgan fingerprint density at radius 1 is 1.47 bits per heavy atom. The lowest BCUT2D eigenvalue weighted by molar-refractivity contribution is 0.305. The summed E-state index contributed by atoms with van der Waals surface area (Å²) in [6, 6.07) is 6.85. The van der Waals surface area contributed by atoms with Crippen LogP contribution in [0.1, 0.15) is 31.7 Å². The van der Waals surface area contributed by atoms with Crippen molar-refractivity contribution in [3.8, 4) is 11.8 Å². The lowest BCUT2D eigenvalue weighted by atomic mass is 10.2. The highest BCUT2D eigenvalue weighted by Gasteiger charge is 2.03. The van der Waals surface area contributed by atoms with Gasteiger partial charge in [-0.2, -0.15) is 5.26 Å². The van der Waals surface area contributed by atoms with E-state index in [9.17, 15) is 0 Å². The summed E-state index contributed by atoms with van der Waals surface area (Å²) in [5.41, 5.74) is 9.11. The van der Waals surface area contributed by atoms with Crippen LogP contribution in [0.15, 0.2) is 23.3 Å². The van der Waals surface area contributed by atoms with Crippen molar-refractivity contribution in [2.75, 3.05) is 6.61 Å². The molecule has 0 aliphatic carbocycles. The third-order valence-corrected chi connectivity index (χ3v) is 2.25. The molecule has 17 heavy (non-hydrogen) atoms. The minimum absolute atomic E-state index is 0.395. The highest BCUT2D eigenvalue weighted by molar-refractivity contribution is 5.52. The molecule has 0 amide bonds. The Morgan fingerprint density at radius 3 is 2.94 bits per heavy atom. The highest BCUT2D eigenvalue weighted by Crippen LogP contribution is 2.24. The van der Waals surface area contributed by atoms with E-state index >= 15 is 0 Å². The van der Waals surface area contributed by atoms with Crippen LogP contribution in [0.5, 0.6) is 5.75 Å². The number of hydrogen-bond donors (Lipinski definition) is 0. The lowest BCUT2D eigenvalue weighted by Gasteiger charge is -2.07. The quantitative estimate of drug-likeness (QED) is 0.319. The number of hydrogen-bond acceptors (Lipinski definition) is 3. The van der Waals surface area contributed by atoms with E-state index in [1.807, 2.05) is 6.07 Å². The third-order valence-electron chi connectivity index (χ3n) is 2.25. The van der Waals surface area contributed by atoms with Crippen LogP contribution in [0, 0.1) is 11.3 Å². The Bertz CT molecular complexity index is 458. The monoisotopic (exact) mass is 230 g/mol. The second kappa shape index (κ2) is 7.15. The fraction of sp³-hybridized carbons (Fsp3) is 0.417. The molecule has 0 radical (unpaired) electrons. The topological polar surface area (TPSA) is 81.8 Å². The number of ether oxygens (including phenoxy) is 1. The second-order valence-electron chi connectivity index (χ2n) is 3.54.